The monoisotopic (exact) mass is 333 g/mol. The number of thiazole rings is 1. The van der Waals surface area contributed by atoms with Crippen molar-refractivity contribution in [2.24, 2.45) is 0 Å². The fraction of sp³-hybridized carbons (Fsp3) is 0.312. The van der Waals surface area contributed by atoms with Gasteiger partial charge >= 0.3 is 0 Å². The van der Waals surface area contributed by atoms with Gasteiger partial charge in [-0.1, -0.05) is 6.07 Å². The molecule has 2 rings (SSSR count). The molecule has 1 heterocycles. The second-order valence-electron chi connectivity index (χ2n) is 5.20. The first-order valence-corrected chi connectivity index (χ1v) is 8.16. The van der Waals surface area contributed by atoms with Gasteiger partial charge in [0.2, 0.25) is 5.91 Å². The summed E-state index contributed by atoms with van der Waals surface area (Å²) in [6, 6.07) is 6.86. The smallest absolute Gasteiger partial charge is 0.251 e. The van der Waals surface area contributed by atoms with Gasteiger partial charge in [0, 0.05) is 17.0 Å². The van der Waals surface area contributed by atoms with E-state index in [4.69, 9.17) is 4.74 Å². The first kappa shape index (κ1) is 17.0. The van der Waals surface area contributed by atoms with Crippen LogP contribution in [0.3, 0.4) is 0 Å². The van der Waals surface area contributed by atoms with Crippen LogP contribution in [0, 0.1) is 0 Å². The van der Waals surface area contributed by atoms with Gasteiger partial charge in [0.25, 0.3) is 5.91 Å². The summed E-state index contributed by atoms with van der Waals surface area (Å²) >= 11 is 1.50. The van der Waals surface area contributed by atoms with E-state index in [-0.39, 0.29) is 24.4 Å². The van der Waals surface area contributed by atoms with Gasteiger partial charge in [-0.3, -0.25) is 9.59 Å². The van der Waals surface area contributed by atoms with Crippen molar-refractivity contribution in [1.29, 1.82) is 0 Å². The topological polar surface area (TPSA) is 80.3 Å². The Kier molecular flexibility index (Phi) is 6.10. The van der Waals surface area contributed by atoms with Crippen LogP contribution in [0.5, 0.6) is 5.75 Å². The molecule has 0 spiro atoms. The second kappa shape index (κ2) is 8.28. The number of carbonyl (C=O) groups excluding carboxylic acids is 2. The summed E-state index contributed by atoms with van der Waals surface area (Å²) in [7, 11) is 0. The number of rotatable bonds is 7. The van der Waals surface area contributed by atoms with Crippen LogP contribution in [-0.4, -0.2) is 29.4 Å². The first-order chi connectivity index (χ1) is 11.0. The highest BCUT2D eigenvalue weighted by atomic mass is 32.1. The Labute approximate surface area is 138 Å². The quantitative estimate of drug-likeness (QED) is 0.812. The van der Waals surface area contributed by atoms with Gasteiger partial charge in [-0.15, -0.1) is 11.3 Å². The van der Waals surface area contributed by atoms with Crippen LogP contribution in [0.1, 0.15) is 29.9 Å². The number of nitrogens with one attached hydrogen (secondary N) is 2. The molecule has 2 aromatic rings. The zero-order valence-corrected chi connectivity index (χ0v) is 13.9. The number of aromatic nitrogens is 1. The van der Waals surface area contributed by atoms with Gasteiger partial charge < -0.3 is 15.4 Å². The molecule has 122 valence electrons. The largest absolute Gasteiger partial charge is 0.487 e. The number of hydrogen-bond donors (Lipinski definition) is 2. The molecule has 0 aliphatic heterocycles. The van der Waals surface area contributed by atoms with Crippen LogP contribution in [0.4, 0.5) is 0 Å². The molecule has 2 amide bonds. The molecule has 0 aliphatic rings. The summed E-state index contributed by atoms with van der Waals surface area (Å²) in [6.07, 6.45) is 0. The summed E-state index contributed by atoms with van der Waals surface area (Å²) in [5.74, 6) is 0.0459. The summed E-state index contributed by atoms with van der Waals surface area (Å²) in [5, 5.41) is 7.20. The lowest BCUT2D eigenvalue weighted by Crippen LogP contribution is -2.39. The van der Waals surface area contributed by atoms with E-state index < -0.39 is 0 Å². The Bertz CT molecular complexity index is 656. The van der Waals surface area contributed by atoms with Crippen LogP contribution in [-0.2, 0) is 11.4 Å². The third-order valence-corrected chi connectivity index (χ3v) is 3.46. The molecule has 0 saturated heterocycles. The van der Waals surface area contributed by atoms with Crippen LogP contribution in [0.2, 0.25) is 0 Å². The minimum Gasteiger partial charge on any atom is -0.487 e. The molecule has 0 radical (unpaired) electrons. The van der Waals surface area contributed by atoms with Crippen molar-refractivity contribution >= 4 is 23.2 Å². The number of benzene rings is 1. The Morgan fingerprint density at radius 3 is 2.87 bits per heavy atom. The molecule has 2 N–H and O–H groups in total. The average molecular weight is 333 g/mol. The Balaban J connectivity index is 1.88. The number of ether oxygens (including phenoxy) is 1. The molecule has 0 atom stereocenters. The van der Waals surface area contributed by atoms with E-state index in [2.05, 4.69) is 15.6 Å². The summed E-state index contributed by atoms with van der Waals surface area (Å²) in [6.45, 7) is 4.03. The van der Waals surface area contributed by atoms with Gasteiger partial charge in [0.15, 0.2) is 0 Å². The fourth-order valence-corrected chi connectivity index (χ4v) is 2.37. The van der Waals surface area contributed by atoms with Crippen LogP contribution < -0.4 is 15.4 Å². The molecule has 7 heteroatoms. The minimum absolute atomic E-state index is 0.0434. The molecule has 0 bridgehead atoms. The Hall–Kier alpha value is -2.41. The summed E-state index contributed by atoms with van der Waals surface area (Å²) in [5.41, 5.74) is 3.03. The maximum atomic E-state index is 12.1. The first-order valence-electron chi connectivity index (χ1n) is 7.22. The SMILES string of the molecule is CC(C)NC(=O)CNC(=O)c1cccc(OCc2cscn2)c1. The molecule has 1 aromatic carbocycles. The van der Waals surface area contributed by atoms with E-state index in [0.29, 0.717) is 17.9 Å². The number of amides is 2. The van der Waals surface area contributed by atoms with E-state index in [1.54, 1.807) is 29.8 Å². The van der Waals surface area contributed by atoms with Crippen molar-refractivity contribution in [2.45, 2.75) is 26.5 Å². The molecular formula is C16H19N3O3S. The highest BCUT2D eigenvalue weighted by Gasteiger charge is 2.09. The van der Waals surface area contributed by atoms with E-state index in [0.717, 1.165) is 5.69 Å². The lowest BCUT2D eigenvalue weighted by Gasteiger charge is -2.10. The highest BCUT2D eigenvalue weighted by molar-refractivity contribution is 7.07. The van der Waals surface area contributed by atoms with Crippen LogP contribution in [0.15, 0.2) is 35.2 Å². The van der Waals surface area contributed by atoms with Crippen LogP contribution >= 0.6 is 11.3 Å². The van der Waals surface area contributed by atoms with E-state index in [9.17, 15) is 9.59 Å². The lowest BCUT2D eigenvalue weighted by molar-refractivity contribution is -0.120. The van der Waals surface area contributed by atoms with Crippen molar-refractivity contribution in [2.75, 3.05) is 6.54 Å². The molecule has 23 heavy (non-hydrogen) atoms. The van der Waals surface area contributed by atoms with E-state index in [1.165, 1.54) is 11.3 Å². The molecule has 0 unspecified atom stereocenters. The van der Waals surface area contributed by atoms with Crippen LogP contribution in [0.25, 0.3) is 0 Å². The van der Waals surface area contributed by atoms with Crippen molar-refractivity contribution in [3.8, 4) is 5.75 Å². The van der Waals surface area contributed by atoms with Crippen molar-refractivity contribution < 1.29 is 14.3 Å². The zero-order chi connectivity index (χ0) is 16.7. The lowest BCUT2D eigenvalue weighted by atomic mass is 10.2. The minimum atomic E-state index is -0.317. The fourth-order valence-electron chi connectivity index (χ4n) is 1.83. The zero-order valence-electron chi connectivity index (χ0n) is 13.0. The molecule has 1 aromatic heterocycles. The van der Waals surface area contributed by atoms with Gasteiger partial charge in [-0.25, -0.2) is 4.98 Å². The molecule has 0 aliphatic carbocycles. The number of carbonyl (C=O) groups is 2. The van der Waals surface area contributed by atoms with Gasteiger partial charge in [-0.05, 0) is 32.0 Å². The predicted molar refractivity (Wildman–Crippen MR) is 88.5 cm³/mol. The summed E-state index contributed by atoms with van der Waals surface area (Å²) in [4.78, 5) is 27.7. The third kappa shape index (κ3) is 5.71. The van der Waals surface area contributed by atoms with E-state index in [1.807, 2.05) is 19.2 Å². The molecule has 0 saturated carbocycles. The van der Waals surface area contributed by atoms with Crippen molar-refractivity contribution in [3.05, 3.63) is 46.4 Å². The molecule has 0 fully saturated rings. The number of hydrogen-bond acceptors (Lipinski definition) is 5. The Morgan fingerprint density at radius 1 is 1.35 bits per heavy atom. The Morgan fingerprint density at radius 2 is 2.17 bits per heavy atom. The second-order valence-corrected chi connectivity index (χ2v) is 5.92. The van der Waals surface area contributed by atoms with Crippen molar-refractivity contribution in [1.82, 2.24) is 15.6 Å². The summed E-state index contributed by atoms with van der Waals surface area (Å²) < 4.78 is 5.60. The highest BCUT2D eigenvalue weighted by Crippen LogP contribution is 2.15. The molecule has 6 nitrogen and oxygen atoms in total. The normalized spacial score (nSPS) is 10.4. The number of nitrogens with zero attached hydrogens (tertiary/aromatic N) is 1. The molecular weight excluding hydrogens is 314 g/mol. The third-order valence-electron chi connectivity index (χ3n) is 2.83. The van der Waals surface area contributed by atoms with Crippen molar-refractivity contribution in [3.63, 3.8) is 0 Å². The van der Waals surface area contributed by atoms with E-state index >= 15 is 0 Å². The van der Waals surface area contributed by atoms with Gasteiger partial charge in [0.1, 0.15) is 12.4 Å². The van der Waals surface area contributed by atoms with Gasteiger partial charge in [0.05, 0.1) is 17.7 Å². The average Bonchev–Trinajstić information content (AvgIpc) is 3.03. The maximum Gasteiger partial charge on any atom is 0.251 e. The maximum absolute atomic E-state index is 12.1. The van der Waals surface area contributed by atoms with Gasteiger partial charge in [-0.2, -0.15) is 0 Å². The predicted octanol–water partition coefficient (Wildman–Crippen LogP) is 1.98. The standard InChI is InChI=1S/C16H19N3O3S/c1-11(2)19-15(20)7-17-16(21)12-4-3-5-14(6-12)22-8-13-9-23-10-18-13/h3-6,9-11H,7-8H2,1-2H3,(H,17,21)(H,19,20).